The van der Waals surface area contributed by atoms with Gasteiger partial charge in [0.15, 0.2) is 0 Å². The summed E-state index contributed by atoms with van der Waals surface area (Å²) in [5, 5.41) is 0. The van der Waals surface area contributed by atoms with E-state index >= 15 is 0 Å². The maximum atomic E-state index is 5.32. The van der Waals surface area contributed by atoms with Crippen molar-refractivity contribution in [3.8, 4) is 5.75 Å². The van der Waals surface area contributed by atoms with Crippen molar-refractivity contribution >= 4 is 15.9 Å². The number of piperazine rings is 1. The number of hydrogen-bond donors (Lipinski definition) is 2. The second-order valence-corrected chi connectivity index (χ2v) is 7.85. The lowest BCUT2D eigenvalue weighted by atomic mass is 10.1. The Labute approximate surface area is 159 Å². The van der Waals surface area contributed by atoms with Gasteiger partial charge >= 0.3 is 0 Å². The van der Waals surface area contributed by atoms with Crippen molar-refractivity contribution in [3.63, 3.8) is 0 Å². The van der Waals surface area contributed by atoms with Crippen LogP contribution in [0.3, 0.4) is 0 Å². The van der Waals surface area contributed by atoms with Crippen molar-refractivity contribution in [1.82, 2.24) is 0 Å². The van der Waals surface area contributed by atoms with Gasteiger partial charge in [-0.25, -0.2) is 0 Å². The number of ether oxygens (including phenoxy) is 1. The van der Waals surface area contributed by atoms with Crippen LogP contribution in [0.25, 0.3) is 0 Å². The third-order valence-electron chi connectivity index (χ3n) is 5.22. The molecule has 25 heavy (non-hydrogen) atoms. The molecular formula is C21H29BrN2O+2. The van der Waals surface area contributed by atoms with Gasteiger partial charge in [0, 0.05) is 11.1 Å². The topological polar surface area (TPSA) is 18.1 Å². The van der Waals surface area contributed by atoms with E-state index in [0.29, 0.717) is 0 Å². The highest BCUT2D eigenvalue weighted by Gasteiger charge is 2.23. The largest absolute Gasteiger partial charge is 0.496 e. The fourth-order valence-corrected chi connectivity index (χ4v) is 4.19. The van der Waals surface area contributed by atoms with E-state index in [9.17, 15) is 0 Å². The molecule has 0 saturated carbocycles. The first-order valence-corrected chi connectivity index (χ1v) is 10.0. The van der Waals surface area contributed by atoms with Crippen molar-refractivity contribution in [1.29, 1.82) is 0 Å². The van der Waals surface area contributed by atoms with Crippen LogP contribution in [0.5, 0.6) is 5.75 Å². The van der Waals surface area contributed by atoms with Gasteiger partial charge in [0.1, 0.15) is 45.0 Å². The van der Waals surface area contributed by atoms with Crippen molar-refractivity contribution in [2.75, 3.05) is 33.3 Å². The predicted octanol–water partition coefficient (Wildman–Crippen LogP) is 1.50. The van der Waals surface area contributed by atoms with Crippen LogP contribution in [0.1, 0.15) is 23.6 Å². The highest BCUT2D eigenvalue weighted by atomic mass is 79.9. The third-order valence-corrected chi connectivity index (χ3v) is 5.84. The van der Waals surface area contributed by atoms with Crippen LogP contribution in [0.2, 0.25) is 0 Å². The number of halogens is 1. The molecule has 1 fully saturated rings. The van der Waals surface area contributed by atoms with Gasteiger partial charge in [0.2, 0.25) is 0 Å². The number of quaternary nitrogens is 2. The van der Waals surface area contributed by atoms with Gasteiger partial charge in [0.05, 0.1) is 11.6 Å². The number of hydrogen-bond acceptors (Lipinski definition) is 1. The van der Waals surface area contributed by atoms with Crippen molar-refractivity contribution in [3.05, 3.63) is 63.6 Å². The number of benzene rings is 2. The van der Waals surface area contributed by atoms with Gasteiger partial charge in [-0.15, -0.1) is 0 Å². The van der Waals surface area contributed by atoms with Gasteiger partial charge in [-0.05, 0) is 46.1 Å². The number of aryl methyl sites for hydroxylation is 1. The molecular weight excluding hydrogens is 376 g/mol. The lowest BCUT2D eigenvalue weighted by Gasteiger charge is -2.30. The summed E-state index contributed by atoms with van der Waals surface area (Å²) >= 11 is 3.59. The van der Waals surface area contributed by atoms with Crippen LogP contribution in [0.4, 0.5) is 0 Å². The predicted molar refractivity (Wildman–Crippen MR) is 105 cm³/mol. The Kier molecular flexibility index (Phi) is 6.51. The Morgan fingerprint density at radius 1 is 0.840 bits per heavy atom. The third kappa shape index (κ3) is 5.06. The van der Waals surface area contributed by atoms with Crippen LogP contribution in [-0.4, -0.2) is 33.3 Å². The van der Waals surface area contributed by atoms with Gasteiger partial charge in [-0.2, -0.15) is 0 Å². The van der Waals surface area contributed by atoms with Crippen molar-refractivity contribution in [2.45, 2.75) is 26.4 Å². The Hall–Kier alpha value is -1.36. The van der Waals surface area contributed by atoms with Crippen molar-refractivity contribution in [2.24, 2.45) is 0 Å². The molecule has 1 saturated heterocycles. The van der Waals surface area contributed by atoms with Crippen molar-refractivity contribution < 1.29 is 14.5 Å². The summed E-state index contributed by atoms with van der Waals surface area (Å²) in [4.78, 5) is 3.39. The Balaban J connectivity index is 1.48. The standard InChI is InChI=1S/C21H27BrN2O/c1-3-17-4-6-18(7-5-17)15-23-10-12-24(13-11-23)16-19-8-9-21(25-2)20(22)14-19/h4-9,14H,3,10-13,15-16H2,1-2H3/p+2. The van der Waals surface area contributed by atoms with E-state index in [4.69, 9.17) is 4.74 Å². The summed E-state index contributed by atoms with van der Waals surface area (Å²) in [6, 6.07) is 15.6. The molecule has 0 atom stereocenters. The minimum Gasteiger partial charge on any atom is -0.496 e. The molecule has 0 radical (unpaired) electrons. The molecule has 1 aliphatic heterocycles. The fraction of sp³-hybridized carbons (Fsp3) is 0.429. The Morgan fingerprint density at radius 3 is 1.88 bits per heavy atom. The van der Waals surface area contributed by atoms with E-state index in [1.54, 1.807) is 16.9 Å². The molecule has 1 heterocycles. The minimum absolute atomic E-state index is 0.905. The number of methoxy groups -OCH3 is 1. The molecule has 2 aromatic carbocycles. The summed E-state index contributed by atoms with van der Waals surface area (Å²) in [5.41, 5.74) is 4.27. The van der Waals surface area contributed by atoms with Crippen LogP contribution >= 0.6 is 15.9 Å². The van der Waals surface area contributed by atoms with Gasteiger partial charge in [-0.3, -0.25) is 0 Å². The molecule has 1 aliphatic rings. The molecule has 0 amide bonds. The van der Waals surface area contributed by atoms with E-state index in [1.807, 2.05) is 0 Å². The van der Waals surface area contributed by atoms with Gasteiger partial charge < -0.3 is 14.5 Å². The van der Waals surface area contributed by atoms with Crippen LogP contribution < -0.4 is 14.5 Å². The molecule has 0 bridgehead atoms. The quantitative estimate of drug-likeness (QED) is 0.746. The maximum Gasteiger partial charge on any atom is 0.133 e. The number of rotatable bonds is 6. The second-order valence-electron chi connectivity index (χ2n) is 6.99. The highest BCUT2D eigenvalue weighted by molar-refractivity contribution is 9.10. The Morgan fingerprint density at radius 2 is 1.36 bits per heavy atom. The molecule has 3 nitrogen and oxygen atoms in total. The summed E-state index contributed by atoms with van der Waals surface area (Å²) in [7, 11) is 1.71. The second kappa shape index (κ2) is 8.84. The first-order chi connectivity index (χ1) is 12.2. The molecule has 0 spiro atoms. The SMILES string of the molecule is CCc1ccc(C[NH+]2CC[NH+](Cc3ccc(OC)c(Br)c3)CC2)cc1. The van der Waals surface area contributed by atoms with E-state index in [2.05, 4.69) is 65.3 Å². The lowest BCUT2D eigenvalue weighted by molar-refractivity contribution is -1.02. The van der Waals surface area contributed by atoms with Gasteiger partial charge in [0.25, 0.3) is 0 Å². The highest BCUT2D eigenvalue weighted by Crippen LogP contribution is 2.25. The molecule has 2 aromatic rings. The molecule has 0 unspecified atom stereocenters. The maximum absolute atomic E-state index is 5.32. The van der Waals surface area contributed by atoms with E-state index < -0.39 is 0 Å². The minimum atomic E-state index is 0.905. The van der Waals surface area contributed by atoms with E-state index in [0.717, 1.165) is 29.7 Å². The summed E-state index contributed by atoms with van der Waals surface area (Å²) < 4.78 is 6.37. The lowest BCUT2D eigenvalue weighted by Crippen LogP contribution is -3.27. The summed E-state index contributed by atoms with van der Waals surface area (Å²) in [5.74, 6) is 0.905. The zero-order valence-electron chi connectivity index (χ0n) is 15.3. The fourth-order valence-electron chi connectivity index (χ4n) is 3.60. The van der Waals surface area contributed by atoms with Crippen LogP contribution in [-0.2, 0) is 19.5 Å². The molecule has 134 valence electrons. The smallest absolute Gasteiger partial charge is 0.133 e. The average molecular weight is 405 g/mol. The molecule has 4 heteroatoms. The molecule has 0 aliphatic carbocycles. The first-order valence-electron chi connectivity index (χ1n) is 9.25. The first kappa shape index (κ1) is 18.4. The van der Waals surface area contributed by atoms with E-state index in [1.165, 1.54) is 42.9 Å². The van der Waals surface area contributed by atoms with Gasteiger partial charge in [-0.1, -0.05) is 31.2 Å². The molecule has 3 rings (SSSR count). The zero-order valence-corrected chi connectivity index (χ0v) is 16.9. The molecule has 0 aromatic heterocycles. The van der Waals surface area contributed by atoms with Crippen LogP contribution in [0, 0.1) is 0 Å². The summed E-state index contributed by atoms with van der Waals surface area (Å²) in [6.07, 6.45) is 1.12. The molecule has 2 N–H and O–H groups in total. The summed E-state index contributed by atoms with van der Waals surface area (Å²) in [6.45, 7) is 9.46. The van der Waals surface area contributed by atoms with Crippen LogP contribution in [0.15, 0.2) is 46.9 Å². The normalized spacial score (nSPS) is 20.4. The monoisotopic (exact) mass is 404 g/mol. The Bertz CT molecular complexity index is 679. The zero-order chi connectivity index (χ0) is 17.6. The number of nitrogens with one attached hydrogen (secondary N) is 2. The average Bonchev–Trinajstić information content (AvgIpc) is 2.64. The van der Waals surface area contributed by atoms with E-state index in [-0.39, 0.29) is 0 Å².